The fourth-order valence-electron chi connectivity index (χ4n) is 5.06. The van der Waals surface area contributed by atoms with Gasteiger partial charge in [-0.25, -0.2) is 9.78 Å². The number of ether oxygens (including phenoxy) is 3. The maximum absolute atomic E-state index is 12.7. The van der Waals surface area contributed by atoms with E-state index in [4.69, 9.17) is 19.2 Å². The minimum atomic E-state index is -0.307. The van der Waals surface area contributed by atoms with Crippen LogP contribution >= 0.6 is 0 Å². The number of anilines is 1. The van der Waals surface area contributed by atoms with Gasteiger partial charge in [0.15, 0.2) is 11.5 Å². The van der Waals surface area contributed by atoms with E-state index in [-0.39, 0.29) is 12.6 Å². The highest BCUT2D eigenvalue weighted by Crippen LogP contribution is 2.42. The molecule has 34 heavy (non-hydrogen) atoms. The zero-order valence-electron chi connectivity index (χ0n) is 19.1. The van der Waals surface area contributed by atoms with Crippen LogP contribution in [0, 0.1) is 0 Å². The molecule has 4 aromatic rings. The molecule has 0 saturated carbocycles. The Morgan fingerprint density at radius 3 is 2.47 bits per heavy atom. The van der Waals surface area contributed by atoms with E-state index >= 15 is 0 Å². The van der Waals surface area contributed by atoms with Gasteiger partial charge in [0.2, 0.25) is 0 Å². The van der Waals surface area contributed by atoms with Crippen LogP contribution in [0.15, 0.2) is 60.8 Å². The molecule has 0 aliphatic carbocycles. The molecule has 0 saturated heterocycles. The molecule has 6 heteroatoms. The molecule has 3 aromatic carbocycles. The molecule has 0 N–H and O–H groups in total. The van der Waals surface area contributed by atoms with Gasteiger partial charge in [0, 0.05) is 36.0 Å². The van der Waals surface area contributed by atoms with E-state index in [1.165, 1.54) is 11.1 Å². The number of methoxy groups -OCH3 is 2. The third-order valence-electron chi connectivity index (χ3n) is 6.78. The second-order valence-corrected chi connectivity index (χ2v) is 8.64. The van der Waals surface area contributed by atoms with Crippen molar-refractivity contribution in [2.75, 3.05) is 25.7 Å². The summed E-state index contributed by atoms with van der Waals surface area (Å²) < 4.78 is 16.4. The van der Waals surface area contributed by atoms with E-state index in [0.29, 0.717) is 17.1 Å². The lowest BCUT2D eigenvalue weighted by atomic mass is 9.91. The Bertz CT molecular complexity index is 1430. The predicted molar refractivity (Wildman–Crippen MR) is 131 cm³/mol. The van der Waals surface area contributed by atoms with Crippen LogP contribution in [0.4, 0.5) is 5.82 Å². The van der Waals surface area contributed by atoms with Gasteiger partial charge in [0.05, 0.1) is 19.8 Å². The number of hydrogen-bond donors (Lipinski definition) is 0. The Kier molecular flexibility index (Phi) is 4.87. The van der Waals surface area contributed by atoms with Crippen LogP contribution in [0.5, 0.6) is 11.5 Å². The number of carbonyl (C=O) groups excluding carboxylic acids is 1. The van der Waals surface area contributed by atoms with E-state index in [2.05, 4.69) is 29.2 Å². The molecule has 0 bridgehead atoms. The van der Waals surface area contributed by atoms with E-state index in [0.717, 1.165) is 52.8 Å². The molecule has 170 valence electrons. The summed E-state index contributed by atoms with van der Waals surface area (Å²) in [6.07, 6.45) is 2.86. The van der Waals surface area contributed by atoms with Crippen LogP contribution in [0.3, 0.4) is 0 Å². The Morgan fingerprint density at radius 2 is 1.71 bits per heavy atom. The van der Waals surface area contributed by atoms with Gasteiger partial charge in [-0.1, -0.05) is 24.3 Å². The first-order valence-corrected chi connectivity index (χ1v) is 11.3. The number of cyclic esters (lactones) is 1. The van der Waals surface area contributed by atoms with Crippen LogP contribution in [0.1, 0.15) is 27.0 Å². The van der Waals surface area contributed by atoms with Crippen molar-refractivity contribution in [1.82, 2.24) is 4.98 Å². The fourth-order valence-corrected chi connectivity index (χ4v) is 5.06. The average Bonchev–Trinajstić information content (AvgIpc) is 3.26. The number of fused-ring (bicyclic) bond motifs is 3. The summed E-state index contributed by atoms with van der Waals surface area (Å²) in [5.41, 5.74) is 5.91. The lowest BCUT2D eigenvalue weighted by molar-refractivity contribution is 0.0535. The largest absolute Gasteiger partial charge is 0.493 e. The first-order valence-electron chi connectivity index (χ1n) is 11.3. The summed E-state index contributed by atoms with van der Waals surface area (Å²) >= 11 is 0. The third kappa shape index (κ3) is 3.25. The number of nitrogens with zero attached hydrogens (tertiary/aromatic N) is 2. The van der Waals surface area contributed by atoms with Crippen molar-refractivity contribution in [2.45, 2.75) is 19.6 Å². The Balaban J connectivity index is 1.45. The number of benzene rings is 3. The molecule has 0 amide bonds. The van der Waals surface area contributed by atoms with Gasteiger partial charge in [-0.2, -0.15) is 0 Å². The van der Waals surface area contributed by atoms with Crippen molar-refractivity contribution in [3.63, 3.8) is 0 Å². The van der Waals surface area contributed by atoms with Crippen LogP contribution in [-0.2, 0) is 24.3 Å². The molecule has 1 aromatic heterocycles. The minimum Gasteiger partial charge on any atom is -0.493 e. The van der Waals surface area contributed by atoms with Crippen molar-refractivity contribution in [3.8, 4) is 22.6 Å². The van der Waals surface area contributed by atoms with Gasteiger partial charge in [-0.3, -0.25) is 0 Å². The average molecular weight is 453 g/mol. The van der Waals surface area contributed by atoms with Crippen LogP contribution in [0.2, 0.25) is 0 Å². The number of hydrogen-bond acceptors (Lipinski definition) is 6. The fraction of sp³-hybridized carbons (Fsp3) is 0.214. The van der Waals surface area contributed by atoms with E-state index in [9.17, 15) is 4.79 Å². The zero-order valence-corrected chi connectivity index (χ0v) is 19.1. The topological polar surface area (TPSA) is 60.9 Å². The lowest BCUT2D eigenvalue weighted by Gasteiger charge is -2.29. The van der Waals surface area contributed by atoms with Gasteiger partial charge in [0.1, 0.15) is 12.4 Å². The van der Waals surface area contributed by atoms with E-state index in [1.54, 1.807) is 14.2 Å². The summed E-state index contributed by atoms with van der Waals surface area (Å²) in [6, 6.07) is 18.5. The predicted octanol–water partition coefficient (Wildman–Crippen LogP) is 5.15. The molecule has 2 aliphatic rings. The van der Waals surface area contributed by atoms with Crippen LogP contribution < -0.4 is 14.4 Å². The van der Waals surface area contributed by atoms with Crippen LogP contribution in [0.25, 0.3) is 21.9 Å². The smallest absolute Gasteiger partial charge is 0.339 e. The Labute approximate surface area is 197 Å². The van der Waals surface area contributed by atoms with Crippen molar-refractivity contribution in [2.24, 2.45) is 0 Å². The van der Waals surface area contributed by atoms with Crippen LogP contribution in [-0.4, -0.2) is 31.7 Å². The maximum atomic E-state index is 12.7. The Morgan fingerprint density at radius 1 is 0.912 bits per heavy atom. The molecule has 3 heterocycles. The molecule has 0 radical (unpaired) electrons. The van der Waals surface area contributed by atoms with Gasteiger partial charge < -0.3 is 19.1 Å². The van der Waals surface area contributed by atoms with E-state index < -0.39 is 0 Å². The summed E-state index contributed by atoms with van der Waals surface area (Å²) in [7, 11) is 3.23. The first kappa shape index (κ1) is 20.5. The molecule has 6 nitrogen and oxygen atoms in total. The SMILES string of the molecule is COc1cc2cc3c(c(-c4ccc(N5CCc6ccccc6C5)nc4)c2cc1OC)C(=O)OC3. The second-order valence-electron chi connectivity index (χ2n) is 8.64. The molecular formula is C28H24N2O4. The number of carbonyl (C=O) groups is 1. The second kappa shape index (κ2) is 8.06. The lowest BCUT2D eigenvalue weighted by Crippen LogP contribution is -2.30. The molecule has 0 fully saturated rings. The highest BCUT2D eigenvalue weighted by Gasteiger charge is 2.28. The molecule has 6 rings (SSSR count). The van der Waals surface area contributed by atoms with E-state index in [1.807, 2.05) is 36.5 Å². The number of rotatable bonds is 4. The summed E-state index contributed by atoms with van der Waals surface area (Å²) in [4.78, 5) is 19.8. The number of esters is 1. The van der Waals surface area contributed by atoms with Gasteiger partial charge in [-0.15, -0.1) is 0 Å². The molecule has 0 unspecified atom stereocenters. The normalized spacial score (nSPS) is 14.5. The van der Waals surface area contributed by atoms with Gasteiger partial charge >= 0.3 is 5.97 Å². The number of pyridine rings is 1. The van der Waals surface area contributed by atoms with Crippen molar-refractivity contribution >= 4 is 22.6 Å². The molecule has 0 spiro atoms. The van der Waals surface area contributed by atoms with Crippen molar-refractivity contribution in [3.05, 3.63) is 83.0 Å². The summed E-state index contributed by atoms with van der Waals surface area (Å²) in [5, 5.41) is 1.86. The summed E-state index contributed by atoms with van der Waals surface area (Å²) in [5.74, 6) is 1.87. The van der Waals surface area contributed by atoms with Crippen molar-refractivity contribution < 1.29 is 19.0 Å². The van der Waals surface area contributed by atoms with Crippen molar-refractivity contribution in [1.29, 1.82) is 0 Å². The number of aromatic nitrogens is 1. The highest BCUT2D eigenvalue weighted by atomic mass is 16.5. The monoisotopic (exact) mass is 452 g/mol. The molecular weight excluding hydrogens is 428 g/mol. The molecule has 2 aliphatic heterocycles. The highest BCUT2D eigenvalue weighted by molar-refractivity contribution is 6.11. The third-order valence-corrected chi connectivity index (χ3v) is 6.78. The standard InChI is InChI=1S/C28H24N2O4/c1-32-23-12-20-11-21-16-34-28(31)27(21)26(22(20)13-24(23)33-2)18-7-8-25(29-14-18)30-10-9-17-5-3-4-6-19(17)15-30/h3-8,11-14H,9-10,15-16H2,1-2H3. The quantitative estimate of drug-likeness (QED) is 0.399. The minimum absolute atomic E-state index is 0.268. The summed E-state index contributed by atoms with van der Waals surface area (Å²) in [6.45, 7) is 2.04. The Hall–Kier alpha value is -4.06. The zero-order chi connectivity index (χ0) is 23.2. The maximum Gasteiger partial charge on any atom is 0.339 e. The van der Waals surface area contributed by atoms with Gasteiger partial charge in [-0.05, 0) is 58.7 Å². The first-order chi connectivity index (χ1) is 16.7. The molecule has 0 atom stereocenters. The van der Waals surface area contributed by atoms with Gasteiger partial charge in [0.25, 0.3) is 0 Å².